The zero-order valence-corrected chi connectivity index (χ0v) is 15.7. The zero-order chi connectivity index (χ0) is 18.8. The van der Waals surface area contributed by atoms with Gasteiger partial charge in [0.2, 0.25) is 0 Å². The van der Waals surface area contributed by atoms with E-state index in [0.717, 1.165) is 9.54 Å². The summed E-state index contributed by atoms with van der Waals surface area (Å²) in [6, 6.07) is 6.49. The van der Waals surface area contributed by atoms with Crippen LogP contribution in [0.3, 0.4) is 0 Å². The Morgan fingerprint density at radius 3 is 2.32 bits per heavy atom. The lowest BCUT2D eigenvalue weighted by molar-refractivity contribution is -0.119. The lowest BCUT2D eigenvalue weighted by atomic mass is 10.2. The number of hydrogen-bond acceptors (Lipinski definition) is 4. The van der Waals surface area contributed by atoms with Crippen LogP contribution in [0.25, 0.3) is 0 Å². The van der Waals surface area contributed by atoms with Gasteiger partial charge in [-0.05, 0) is 25.5 Å². The first-order chi connectivity index (χ1) is 11.7. The van der Waals surface area contributed by atoms with Gasteiger partial charge in [0, 0.05) is 5.92 Å². The number of hydrogen-bond donors (Lipinski definition) is 0. The molecule has 136 valence electrons. The Hall–Kier alpha value is -2.02. The van der Waals surface area contributed by atoms with Gasteiger partial charge in [0.25, 0.3) is 10.0 Å². The maximum atomic E-state index is 13.2. The first kappa shape index (κ1) is 19.3. The van der Waals surface area contributed by atoms with Gasteiger partial charge >= 0.3 is 0 Å². The summed E-state index contributed by atoms with van der Waals surface area (Å²) in [6.07, 6.45) is 0.176. The van der Waals surface area contributed by atoms with Crippen molar-refractivity contribution < 1.29 is 17.6 Å². The minimum atomic E-state index is -3.93. The van der Waals surface area contributed by atoms with E-state index in [1.807, 2.05) is 27.7 Å². The Bertz CT molecular complexity index is 868. The van der Waals surface area contributed by atoms with Crippen LogP contribution < -0.4 is 0 Å². The highest BCUT2D eigenvalue weighted by molar-refractivity contribution is 7.90. The first-order valence-electron chi connectivity index (χ1n) is 8.22. The maximum absolute atomic E-state index is 13.2. The van der Waals surface area contributed by atoms with Gasteiger partial charge in [-0.1, -0.05) is 38.5 Å². The fraction of sp³-hybridized carbons (Fsp3) is 0.444. The number of imidazole rings is 1. The Labute approximate surface area is 147 Å². The summed E-state index contributed by atoms with van der Waals surface area (Å²) in [6.45, 7) is 6.25. The average molecular weight is 366 g/mol. The number of aromatic nitrogens is 2. The number of benzene rings is 1. The van der Waals surface area contributed by atoms with Crippen LogP contribution in [-0.4, -0.2) is 29.8 Å². The highest BCUT2D eigenvalue weighted by Crippen LogP contribution is 2.26. The maximum Gasteiger partial charge on any atom is 0.269 e. The third kappa shape index (κ3) is 3.81. The van der Waals surface area contributed by atoms with E-state index in [1.54, 1.807) is 12.1 Å². The number of Topliss-reactive ketones (excluding diaryl/α,β-unsaturated/α-hetero) is 1. The number of ketones is 1. The summed E-state index contributed by atoms with van der Waals surface area (Å²) in [5.74, 6) is -0.468. The second kappa shape index (κ2) is 7.47. The normalized spacial score (nSPS) is 11.9. The second-order valence-corrected chi connectivity index (χ2v) is 8.09. The monoisotopic (exact) mass is 366 g/mol. The fourth-order valence-corrected chi connectivity index (χ4v) is 4.29. The summed E-state index contributed by atoms with van der Waals surface area (Å²) in [4.78, 5) is 16.2. The molecular weight excluding hydrogens is 343 g/mol. The summed E-state index contributed by atoms with van der Waals surface area (Å²) in [7, 11) is -3.93. The summed E-state index contributed by atoms with van der Waals surface area (Å²) >= 11 is 0. The van der Waals surface area contributed by atoms with Crippen molar-refractivity contribution in [3.63, 3.8) is 0 Å². The minimum absolute atomic E-state index is 0.119. The molecule has 0 fully saturated rings. The Morgan fingerprint density at radius 1 is 1.24 bits per heavy atom. The van der Waals surface area contributed by atoms with Gasteiger partial charge in [-0.2, -0.15) is 0 Å². The molecule has 7 heteroatoms. The minimum Gasteiger partial charge on any atom is -0.296 e. The number of nitrogens with zero attached hydrogens (tertiary/aromatic N) is 2. The molecule has 1 aromatic carbocycles. The van der Waals surface area contributed by atoms with Crippen molar-refractivity contribution in [3.8, 4) is 0 Å². The predicted octanol–water partition coefficient (Wildman–Crippen LogP) is 3.20. The SMILES string of the molecule is CCc1nc(C(C)C)n(S(=O)(=O)c2ccc(C)cc2)c1CC(=O)CF. The van der Waals surface area contributed by atoms with Gasteiger partial charge in [-0.15, -0.1) is 0 Å². The molecule has 0 radical (unpaired) electrons. The summed E-state index contributed by atoms with van der Waals surface area (Å²) in [5.41, 5.74) is 1.71. The molecule has 0 N–H and O–H groups in total. The lowest BCUT2D eigenvalue weighted by Gasteiger charge is -2.15. The van der Waals surface area contributed by atoms with Gasteiger partial charge in [0.05, 0.1) is 22.7 Å². The van der Waals surface area contributed by atoms with Crippen LogP contribution in [0.4, 0.5) is 4.39 Å². The molecule has 0 aliphatic carbocycles. The standard InChI is InChI=1S/C18H23FN2O3S/c1-5-16-17(10-14(22)11-19)21(18(20-16)12(2)3)25(23,24)15-8-6-13(4)7-9-15/h6-9,12H,5,10-11H2,1-4H3. The molecule has 0 saturated carbocycles. The molecule has 0 saturated heterocycles. The Kier molecular flexibility index (Phi) is 5.77. The topological polar surface area (TPSA) is 69.0 Å². The van der Waals surface area contributed by atoms with E-state index in [1.165, 1.54) is 12.1 Å². The predicted molar refractivity (Wildman–Crippen MR) is 94.1 cm³/mol. The van der Waals surface area contributed by atoms with Crippen molar-refractivity contribution >= 4 is 15.8 Å². The van der Waals surface area contributed by atoms with Crippen LogP contribution >= 0.6 is 0 Å². The van der Waals surface area contributed by atoms with Crippen LogP contribution in [0.2, 0.25) is 0 Å². The van der Waals surface area contributed by atoms with Crippen LogP contribution in [0.5, 0.6) is 0 Å². The summed E-state index contributed by atoms with van der Waals surface area (Å²) in [5, 5.41) is 0. The molecule has 2 rings (SSSR count). The van der Waals surface area contributed by atoms with Crippen LogP contribution in [0.1, 0.15) is 49.5 Å². The van der Waals surface area contributed by atoms with E-state index in [9.17, 15) is 17.6 Å². The van der Waals surface area contributed by atoms with Crippen molar-refractivity contribution in [3.05, 3.63) is 47.0 Å². The fourth-order valence-electron chi connectivity index (χ4n) is 2.64. The van der Waals surface area contributed by atoms with Crippen molar-refractivity contribution in [2.45, 2.75) is 51.3 Å². The molecule has 0 spiro atoms. The van der Waals surface area contributed by atoms with E-state index in [4.69, 9.17) is 0 Å². The molecule has 0 unspecified atom stereocenters. The molecule has 1 aromatic heterocycles. The quantitative estimate of drug-likeness (QED) is 0.755. The molecule has 1 heterocycles. The van der Waals surface area contributed by atoms with E-state index in [-0.39, 0.29) is 22.9 Å². The Balaban J connectivity index is 2.74. The number of rotatable bonds is 7. The van der Waals surface area contributed by atoms with Gasteiger partial charge in [0.15, 0.2) is 5.78 Å². The third-order valence-electron chi connectivity index (χ3n) is 3.96. The van der Waals surface area contributed by atoms with E-state index >= 15 is 0 Å². The van der Waals surface area contributed by atoms with Gasteiger partial charge < -0.3 is 0 Å². The average Bonchev–Trinajstić information content (AvgIpc) is 2.94. The smallest absolute Gasteiger partial charge is 0.269 e. The van der Waals surface area contributed by atoms with Crippen LogP contribution in [0.15, 0.2) is 29.2 Å². The highest BCUT2D eigenvalue weighted by Gasteiger charge is 2.29. The number of halogens is 1. The van der Waals surface area contributed by atoms with E-state index < -0.39 is 22.5 Å². The number of carbonyl (C=O) groups excluding carboxylic acids is 1. The molecule has 0 atom stereocenters. The molecule has 2 aromatic rings. The third-order valence-corrected chi connectivity index (χ3v) is 5.72. The van der Waals surface area contributed by atoms with E-state index in [0.29, 0.717) is 17.9 Å². The van der Waals surface area contributed by atoms with Crippen molar-refractivity contribution in [2.75, 3.05) is 6.67 Å². The number of aryl methyl sites for hydroxylation is 2. The van der Waals surface area contributed by atoms with E-state index in [2.05, 4.69) is 4.98 Å². The molecule has 0 amide bonds. The number of carbonyl (C=O) groups is 1. The molecule has 0 bridgehead atoms. The van der Waals surface area contributed by atoms with Crippen molar-refractivity contribution in [1.82, 2.24) is 8.96 Å². The number of alkyl halides is 1. The van der Waals surface area contributed by atoms with Gasteiger partial charge in [-0.25, -0.2) is 21.8 Å². The highest BCUT2D eigenvalue weighted by atomic mass is 32.2. The molecule has 0 aliphatic heterocycles. The second-order valence-electron chi connectivity index (χ2n) is 6.30. The molecule has 0 aliphatic rings. The van der Waals surface area contributed by atoms with Gasteiger partial charge in [0.1, 0.15) is 12.5 Å². The van der Waals surface area contributed by atoms with Crippen LogP contribution in [0, 0.1) is 6.92 Å². The lowest BCUT2D eigenvalue weighted by Crippen LogP contribution is -2.21. The van der Waals surface area contributed by atoms with Crippen LogP contribution in [-0.2, 0) is 27.7 Å². The molecular formula is C18H23FN2O3S. The first-order valence-corrected chi connectivity index (χ1v) is 9.66. The van der Waals surface area contributed by atoms with Crippen molar-refractivity contribution in [1.29, 1.82) is 0 Å². The largest absolute Gasteiger partial charge is 0.296 e. The van der Waals surface area contributed by atoms with Crippen molar-refractivity contribution in [2.24, 2.45) is 0 Å². The Morgan fingerprint density at radius 2 is 1.84 bits per heavy atom. The summed E-state index contributed by atoms with van der Waals surface area (Å²) < 4.78 is 40.3. The molecule has 25 heavy (non-hydrogen) atoms. The zero-order valence-electron chi connectivity index (χ0n) is 14.9. The molecule has 5 nitrogen and oxygen atoms in total. The van der Waals surface area contributed by atoms with Gasteiger partial charge in [-0.3, -0.25) is 4.79 Å².